The van der Waals surface area contributed by atoms with E-state index in [0.29, 0.717) is 12.8 Å². The summed E-state index contributed by atoms with van der Waals surface area (Å²) in [6, 6.07) is 7.14. The van der Waals surface area contributed by atoms with Gasteiger partial charge in [-0.1, -0.05) is 38.1 Å². The van der Waals surface area contributed by atoms with E-state index in [1.807, 2.05) is 38.1 Å². The third kappa shape index (κ3) is 3.24. The average Bonchev–Trinajstić information content (AvgIpc) is 2.42. The molecule has 2 atom stereocenters. The molecule has 18 heavy (non-hydrogen) atoms. The Morgan fingerprint density at radius 1 is 0.944 bits per heavy atom. The van der Waals surface area contributed by atoms with Crippen LogP contribution in [0, 0.1) is 0 Å². The van der Waals surface area contributed by atoms with E-state index >= 15 is 0 Å². The monoisotopic (exact) mass is 244 g/mol. The van der Waals surface area contributed by atoms with Crippen molar-refractivity contribution >= 4 is 12.2 Å². The van der Waals surface area contributed by atoms with Crippen molar-refractivity contribution in [2.75, 3.05) is 0 Å². The number of isocyanates is 2. The van der Waals surface area contributed by atoms with Gasteiger partial charge in [-0.05, 0) is 24.0 Å². The van der Waals surface area contributed by atoms with Crippen LogP contribution >= 0.6 is 0 Å². The van der Waals surface area contributed by atoms with Crippen molar-refractivity contribution in [1.29, 1.82) is 0 Å². The van der Waals surface area contributed by atoms with Gasteiger partial charge in [-0.25, -0.2) is 9.59 Å². The summed E-state index contributed by atoms with van der Waals surface area (Å²) in [7, 11) is 0. The lowest BCUT2D eigenvalue weighted by atomic mass is 9.93. The first-order chi connectivity index (χ1) is 8.78. The Bertz CT molecular complexity index is 441. The molecule has 2 unspecified atom stereocenters. The highest BCUT2D eigenvalue weighted by Gasteiger charge is 2.17. The largest absolute Gasteiger partial charge is 0.235 e. The van der Waals surface area contributed by atoms with Crippen molar-refractivity contribution in [3.63, 3.8) is 0 Å². The molecule has 0 saturated carbocycles. The molecule has 0 N–H and O–H groups in total. The summed E-state index contributed by atoms with van der Waals surface area (Å²) < 4.78 is 0. The Morgan fingerprint density at radius 2 is 1.33 bits per heavy atom. The van der Waals surface area contributed by atoms with Gasteiger partial charge in [0.2, 0.25) is 12.2 Å². The Balaban J connectivity index is 3.27. The van der Waals surface area contributed by atoms with Crippen LogP contribution in [-0.2, 0) is 9.59 Å². The summed E-state index contributed by atoms with van der Waals surface area (Å²) in [5.74, 6) is 0. The van der Waals surface area contributed by atoms with Gasteiger partial charge in [-0.2, -0.15) is 9.98 Å². The molecule has 0 radical (unpaired) electrons. The molecule has 1 aromatic carbocycles. The van der Waals surface area contributed by atoms with E-state index in [2.05, 4.69) is 9.98 Å². The molecular weight excluding hydrogens is 228 g/mol. The van der Waals surface area contributed by atoms with Gasteiger partial charge in [0.05, 0.1) is 12.1 Å². The molecule has 0 amide bonds. The minimum atomic E-state index is -0.227. The first-order valence-corrected chi connectivity index (χ1v) is 6.01. The molecule has 0 aromatic heterocycles. The maximum absolute atomic E-state index is 10.4. The molecule has 0 spiro atoms. The summed E-state index contributed by atoms with van der Waals surface area (Å²) >= 11 is 0. The number of aliphatic imine (C=N–C) groups is 2. The van der Waals surface area contributed by atoms with Crippen molar-refractivity contribution in [1.82, 2.24) is 0 Å². The standard InChI is InChI=1S/C14H16N2O2/c1-3-13(15-9-17)11-7-5-6-8-12(11)14(4-2)16-10-18/h5-8,13-14H,3-4H2,1-2H3. The highest BCUT2D eigenvalue weighted by Crippen LogP contribution is 2.31. The van der Waals surface area contributed by atoms with Gasteiger partial charge in [0.1, 0.15) is 0 Å². The van der Waals surface area contributed by atoms with Gasteiger partial charge >= 0.3 is 0 Å². The van der Waals surface area contributed by atoms with Crippen molar-refractivity contribution in [2.45, 2.75) is 38.8 Å². The van der Waals surface area contributed by atoms with Crippen LogP contribution < -0.4 is 0 Å². The molecular formula is C14H16N2O2. The molecule has 94 valence electrons. The zero-order chi connectivity index (χ0) is 13.4. The molecule has 1 aromatic rings. The predicted octanol–water partition coefficient (Wildman–Crippen LogP) is 3.26. The molecule has 0 fully saturated rings. The second kappa shape index (κ2) is 7.33. The topological polar surface area (TPSA) is 58.9 Å². The van der Waals surface area contributed by atoms with Crippen molar-refractivity contribution in [3.8, 4) is 0 Å². The first-order valence-electron chi connectivity index (χ1n) is 6.01. The summed E-state index contributed by atoms with van der Waals surface area (Å²) in [6.45, 7) is 3.90. The van der Waals surface area contributed by atoms with Gasteiger partial charge in [-0.15, -0.1) is 0 Å². The molecule has 0 bridgehead atoms. The number of carbonyl (C=O) groups excluding carboxylic acids is 2. The number of nitrogens with zero attached hydrogens (tertiary/aromatic N) is 2. The van der Waals surface area contributed by atoms with Crippen LogP contribution in [0.2, 0.25) is 0 Å². The van der Waals surface area contributed by atoms with E-state index in [9.17, 15) is 9.59 Å². The van der Waals surface area contributed by atoms with Crippen LogP contribution in [0.3, 0.4) is 0 Å². The van der Waals surface area contributed by atoms with Crippen molar-refractivity contribution in [3.05, 3.63) is 35.4 Å². The summed E-state index contributed by atoms with van der Waals surface area (Å²) in [5.41, 5.74) is 1.85. The number of hydrogen-bond donors (Lipinski definition) is 0. The predicted molar refractivity (Wildman–Crippen MR) is 68.7 cm³/mol. The fourth-order valence-corrected chi connectivity index (χ4v) is 2.01. The van der Waals surface area contributed by atoms with Crippen molar-refractivity contribution < 1.29 is 9.59 Å². The molecule has 0 heterocycles. The maximum atomic E-state index is 10.4. The molecule has 0 aliphatic heterocycles. The third-order valence-corrected chi connectivity index (χ3v) is 2.90. The lowest BCUT2D eigenvalue weighted by molar-refractivity contribution is 0.550. The van der Waals surface area contributed by atoms with E-state index in [4.69, 9.17) is 0 Å². The van der Waals surface area contributed by atoms with E-state index in [0.717, 1.165) is 11.1 Å². The van der Waals surface area contributed by atoms with Crippen LogP contribution in [-0.4, -0.2) is 12.2 Å². The lowest BCUT2D eigenvalue weighted by Gasteiger charge is -2.17. The molecule has 4 nitrogen and oxygen atoms in total. The fourth-order valence-electron chi connectivity index (χ4n) is 2.01. The van der Waals surface area contributed by atoms with Crippen LogP contribution in [0.25, 0.3) is 0 Å². The smallest absolute Gasteiger partial charge is 0.211 e. The van der Waals surface area contributed by atoms with Gasteiger partial charge in [0.25, 0.3) is 0 Å². The van der Waals surface area contributed by atoms with Gasteiger partial charge in [0.15, 0.2) is 0 Å². The quantitative estimate of drug-likeness (QED) is 0.569. The number of hydrogen-bond acceptors (Lipinski definition) is 4. The first kappa shape index (κ1) is 14.0. The molecule has 0 saturated heterocycles. The Hall–Kier alpha value is -2.02. The highest BCUT2D eigenvalue weighted by molar-refractivity contribution is 5.41. The normalized spacial score (nSPS) is 13.0. The third-order valence-electron chi connectivity index (χ3n) is 2.90. The van der Waals surface area contributed by atoms with Crippen LogP contribution in [0.4, 0.5) is 0 Å². The van der Waals surface area contributed by atoms with Gasteiger partial charge < -0.3 is 0 Å². The zero-order valence-electron chi connectivity index (χ0n) is 10.6. The zero-order valence-corrected chi connectivity index (χ0v) is 10.6. The molecule has 0 aliphatic carbocycles. The Morgan fingerprint density at radius 3 is 1.61 bits per heavy atom. The second-order valence-corrected chi connectivity index (χ2v) is 3.92. The Labute approximate surface area is 106 Å². The summed E-state index contributed by atoms with van der Waals surface area (Å²) in [6.07, 6.45) is 4.60. The fraction of sp³-hybridized carbons (Fsp3) is 0.429. The second-order valence-electron chi connectivity index (χ2n) is 3.92. The van der Waals surface area contributed by atoms with Crippen LogP contribution in [0.1, 0.15) is 49.9 Å². The van der Waals surface area contributed by atoms with Crippen LogP contribution in [0.5, 0.6) is 0 Å². The SMILES string of the molecule is CCC(N=C=O)c1ccccc1C(CC)N=C=O. The number of rotatable bonds is 6. The lowest BCUT2D eigenvalue weighted by Crippen LogP contribution is -2.03. The number of benzene rings is 1. The highest BCUT2D eigenvalue weighted by atomic mass is 16.1. The van der Waals surface area contributed by atoms with E-state index in [1.165, 1.54) is 0 Å². The minimum absolute atomic E-state index is 0.227. The molecule has 1 rings (SSSR count). The maximum Gasteiger partial charge on any atom is 0.235 e. The summed E-state index contributed by atoms with van der Waals surface area (Å²) in [4.78, 5) is 28.5. The van der Waals surface area contributed by atoms with Gasteiger partial charge in [-0.3, -0.25) is 0 Å². The van der Waals surface area contributed by atoms with Crippen molar-refractivity contribution in [2.24, 2.45) is 9.98 Å². The van der Waals surface area contributed by atoms with E-state index in [1.54, 1.807) is 12.2 Å². The van der Waals surface area contributed by atoms with E-state index in [-0.39, 0.29) is 12.1 Å². The molecule has 0 aliphatic rings. The molecule has 4 heteroatoms. The van der Waals surface area contributed by atoms with E-state index < -0.39 is 0 Å². The van der Waals surface area contributed by atoms with Gasteiger partial charge in [0, 0.05) is 0 Å². The average molecular weight is 244 g/mol. The minimum Gasteiger partial charge on any atom is -0.211 e. The van der Waals surface area contributed by atoms with Crippen LogP contribution in [0.15, 0.2) is 34.3 Å². The summed E-state index contributed by atoms with van der Waals surface area (Å²) in [5, 5.41) is 0. The Kier molecular flexibility index (Phi) is 5.72.